The molecular weight excluding hydrogens is 228 g/mol. The lowest BCUT2D eigenvalue weighted by atomic mass is 10.0. The average Bonchev–Trinajstić information content (AvgIpc) is 2.02. The van der Waals surface area contributed by atoms with Crippen LogP contribution in [0, 0.1) is 6.07 Å². The van der Waals surface area contributed by atoms with Gasteiger partial charge in [0.05, 0.1) is 0 Å². The third-order valence-corrected chi connectivity index (χ3v) is 2.65. The van der Waals surface area contributed by atoms with Gasteiger partial charge >= 0.3 is 0 Å². The Morgan fingerprint density at radius 1 is 1.46 bits per heavy atom. The van der Waals surface area contributed by atoms with Crippen LogP contribution in [0.4, 0.5) is 0 Å². The highest BCUT2D eigenvalue weighted by Crippen LogP contribution is 2.34. The molecule has 0 atom stereocenters. The van der Waals surface area contributed by atoms with Crippen LogP contribution in [-0.4, -0.2) is 5.60 Å². The van der Waals surface area contributed by atoms with E-state index in [2.05, 4.69) is 28.1 Å². The Labute approximate surface area is 86.5 Å². The molecule has 1 aromatic carbocycles. The molecule has 1 radical (unpaired) electrons. The predicted molar refractivity (Wildman–Crippen MR) is 56.7 cm³/mol. The van der Waals surface area contributed by atoms with Gasteiger partial charge in [-0.3, -0.25) is 0 Å². The van der Waals surface area contributed by atoms with Crippen molar-refractivity contribution in [3.8, 4) is 5.75 Å². The zero-order chi connectivity index (χ0) is 9.47. The fourth-order valence-electron chi connectivity index (χ4n) is 1.29. The van der Waals surface area contributed by atoms with E-state index in [0.717, 1.165) is 15.8 Å². The topological polar surface area (TPSA) is 9.23 Å². The van der Waals surface area contributed by atoms with Crippen LogP contribution in [-0.2, 0) is 0 Å². The van der Waals surface area contributed by atoms with E-state index < -0.39 is 0 Å². The van der Waals surface area contributed by atoms with E-state index in [1.165, 1.54) is 0 Å². The molecule has 0 spiro atoms. The predicted octanol–water partition coefficient (Wildman–Crippen LogP) is 3.43. The Morgan fingerprint density at radius 3 is 3.00 bits per heavy atom. The first-order valence-electron chi connectivity index (χ1n) is 4.17. The molecule has 2 heteroatoms. The number of hydrogen-bond donors (Lipinski definition) is 0. The van der Waals surface area contributed by atoms with Crippen LogP contribution < -0.4 is 4.74 Å². The second-order valence-electron chi connectivity index (χ2n) is 3.61. The third-order valence-electron chi connectivity index (χ3n) is 1.96. The summed E-state index contributed by atoms with van der Waals surface area (Å²) in [5, 5.41) is 0. The lowest BCUT2D eigenvalue weighted by Crippen LogP contribution is -2.27. The summed E-state index contributed by atoms with van der Waals surface area (Å²) >= 11 is 3.47. The maximum absolute atomic E-state index is 5.73. The maximum atomic E-state index is 5.73. The molecule has 1 aromatic rings. The summed E-state index contributed by atoms with van der Waals surface area (Å²) in [6.07, 6.45) is 4.12. The molecule has 0 aliphatic carbocycles. The van der Waals surface area contributed by atoms with E-state index >= 15 is 0 Å². The molecule has 67 valence electrons. The third kappa shape index (κ3) is 1.63. The molecule has 0 bridgehead atoms. The summed E-state index contributed by atoms with van der Waals surface area (Å²) in [5.41, 5.74) is 0.853. The van der Waals surface area contributed by atoms with E-state index in [0.29, 0.717) is 0 Å². The minimum Gasteiger partial charge on any atom is -0.482 e. The summed E-state index contributed by atoms with van der Waals surface area (Å²) in [7, 11) is 0. The highest BCUT2D eigenvalue weighted by molar-refractivity contribution is 9.10. The lowest BCUT2D eigenvalue weighted by molar-refractivity contribution is 0.158. The van der Waals surface area contributed by atoms with Gasteiger partial charge in [-0.15, -0.1) is 0 Å². The zero-order valence-electron chi connectivity index (χ0n) is 7.60. The zero-order valence-corrected chi connectivity index (χ0v) is 9.18. The first kappa shape index (κ1) is 8.82. The van der Waals surface area contributed by atoms with Gasteiger partial charge in [-0.2, -0.15) is 0 Å². The number of fused-ring (bicyclic) bond motifs is 1. The van der Waals surface area contributed by atoms with Gasteiger partial charge in [0.1, 0.15) is 11.4 Å². The minimum atomic E-state index is -0.218. The van der Waals surface area contributed by atoms with Gasteiger partial charge in [0.25, 0.3) is 0 Å². The fourth-order valence-corrected chi connectivity index (χ4v) is 1.73. The van der Waals surface area contributed by atoms with Crippen LogP contribution in [0.5, 0.6) is 5.75 Å². The number of hydrogen-bond acceptors (Lipinski definition) is 1. The summed E-state index contributed by atoms with van der Waals surface area (Å²) in [4.78, 5) is 0. The number of benzene rings is 1. The minimum absolute atomic E-state index is 0.218. The van der Waals surface area contributed by atoms with Gasteiger partial charge in [-0.1, -0.05) is 22.0 Å². The van der Waals surface area contributed by atoms with Crippen LogP contribution in [0.25, 0.3) is 6.08 Å². The molecule has 2 rings (SSSR count). The largest absolute Gasteiger partial charge is 0.482 e. The van der Waals surface area contributed by atoms with Crippen molar-refractivity contribution in [2.24, 2.45) is 0 Å². The normalized spacial score (nSPS) is 17.8. The van der Waals surface area contributed by atoms with Gasteiger partial charge < -0.3 is 4.74 Å². The Kier molecular flexibility index (Phi) is 1.95. The molecule has 0 amide bonds. The molecule has 0 saturated heterocycles. The van der Waals surface area contributed by atoms with E-state index in [9.17, 15) is 0 Å². The standard InChI is InChI=1S/C11H10BrO/c1-11(2)7-6-8-9(12)4-3-5-10(8)13-11/h3-4,6-7H,1-2H3. The highest BCUT2D eigenvalue weighted by atomic mass is 79.9. The molecule has 1 aliphatic rings. The molecule has 1 aliphatic heterocycles. The van der Waals surface area contributed by atoms with Crippen molar-refractivity contribution in [3.05, 3.63) is 34.3 Å². The molecule has 0 unspecified atom stereocenters. The summed E-state index contributed by atoms with van der Waals surface area (Å²) in [5.74, 6) is 0.821. The van der Waals surface area contributed by atoms with Crippen LogP contribution in [0.15, 0.2) is 22.7 Å². The number of ether oxygens (including phenoxy) is 1. The molecule has 0 saturated carbocycles. The summed E-state index contributed by atoms with van der Waals surface area (Å²) in [6, 6.07) is 6.90. The van der Waals surface area contributed by atoms with Crippen molar-refractivity contribution < 1.29 is 4.74 Å². The highest BCUT2D eigenvalue weighted by Gasteiger charge is 2.22. The SMILES string of the molecule is CC1(C)C=Cc2c([c]ccc2Br)O1. The number of halogens is 1. The maximum Gasteiger partial charge on any atom is 0.136 e. The Balaban J connectivity index is 2.53. The second kappa shape index (κ2) is 2.88. The van der Waals surface area contributed by atoms with E-state index in [1.54, 1.807) is 0 Å². The van der Waals surface area contributed by atoms with Crippen molar-refractivity contribution in [1.82, 2.24) is 0 Å². The lowest BCUT2D eigenvalue weighted by Gasteiger charge is -2.27. The van der Waals surface area contributed by atoms with Crippen LogP contribution in [0.1, 0.15) is 19.4 Å². The van der Waals surface area contributed by atoms with Crippen molar-refractivity contribution in [2.45, 2.75) is 19.4 Å². The Bertz CT molecular complexity index is 366. The van der Waals surface area contributed by atoms with Crippen LogP contribution >= 0.6 is 15.9 Å². The van der Waals surface area contributed by atoms with E-state index in [1.807, 2.05) is 32.1 Å². The summed E-state index contributed by atoms with van der Waals surface area (Å²) in [6.45, 7) is 4.06. The molecular formula is C11H10BrO. The molecule has 13 heavy (non-hydrogen) atoms. The molecule has 0 aromatic heterocycles. The average molecular weight is 238 g/mol. The van der Waals surface area contributed by atoms with Crippen LogP contribution in [0.2, 0.25) is 0 Å². The van der Waals surface area contributed by atoms with Gasteiger partial charge in [0, 0.05) is 16.1 Å². The van der Waals surface area contributed by atoms with Crippen molar-refractivity contribution in [1.29, 1.82) is 0 Å². The van der Waals surface area contributed by atoms with E-state index in [-0.39, 0.29) is 5.60 Å². The van der Waals surface area contributed by atoms with Gasteiger partial charge in [-0.05, 0) is 32.1 Å². The quantitative estimate of drug-likeness (QED) is 0.672. The Hall–Kier alpha value is -0.760. The fraction of sp³-hybridized carbons (Fsp3) is 0.273. The van der Waals surface area contributed by atoms with Crippen molar-refractivity contribution in [2.75, 3.05) is 0 Å². The van der Waals surface area contributed by atoms with Gasteiger partial charge in [0.15, 0.2) is 0 Å². The Morgan fingerprint density at radius 2 is 2.23 bits per heavy atom. The van der Waals surface area contributed by atoms with Crippen molar-refractivity contribution in [3.63, 3.8) is 0 Å². The summed E-state index contributed by atoms with van der Waals surface area (Å²) < 4.78 is 6.78. The van der Waals surface area contributed by atoms with Gasteiger partial charge in [-0.25, -0.2) is 0 Å². The molecule has 0 fully saturated rings. The van der Waals surface area contributed by atoms with Crippen LogP contribution in [0.3, 0.4) is 0 Å². The first-order chi connectivity index (χ1) is 6.08. The van der Waals surface area contributed by atoms with E-state index in [4.69, 9.17) is 4.74 Å². The van der Waals surface area contributed by atoms with Crippen molar-refractivity contribution >= 4 is 22.0 Å². The first-order valence-corrected chi connectivity index (χ1v) is 4.96. The number of rotatable bonds is 0. The van der Waals surface area contributed by atoms with Gasteiger partial charge in [0.2, 0.25) is 0 Å². The molecule has 1 nitrogen and oxygen atoms in total. The smallest absolute Gasteiger partial charge is 0.136 e. The molecule has 0 N–H and O–H groups in total. The monoisotopic (exact) mass is 237 g/mol. The molecule has 1 heterocycles. The second-order valence-corrected chi connectivity index (χ2v) is 4.46.